The van der Waals surface area contributed by atoms with Crippen LogP contribution in [0.5, 0.6) is 5.75 Å². The van der Waals surface area contributed by atoms with Crippen molar-refractivity contribution >= 4 is 34.7 Å². The second-order valence-corrected chi connectivity index (χ2v) is 6.68. The molecule has 134 valence electrons. The van der Waals surface area contributed by atoms with Crippen LogP contribution in [0.2, 0.25) is 0 Å². The number of carbonyl (C=O) groups excluding carboxylic acids is 2. The van der Waals surface area contributed by atoms with Crippen LogP contribution >= 0.6 is 11.6 Å². The van der Waals surface area contributed by atoms with E-state index in [1.807, 2.05) is 32.9 Å². The van der Waals surface area contributed by atoms with Crippen LogP contribution < -0.4 is 9.64 Å². The molecular weight excluding hydrogens is 350 g/mol. The highest BCUT2D eigenvalue weighted by Crippen LogP contribution is 2.36. The lowest BCUT2D eigenvalue weighted by molar-refractivity contribution is -0.119. The van der Waals surface area contributed by atoms with Crippen molar-refractivity contribution in [3.63, 3.8) is 0 Å². The zero-order chi connectivity index (χ0) is 18.8. The topological polar surface area (TPSA) is 46.6 Å². The zero-order valence-corrected chi connectivity index (χ0v) is 15.8. The minimum Gasteiger partial charge on any atom is -0.494 e. The number of hydrogen-bond acceptors (Lipinski definition) is 3. The van der Waals surface area contributed by atoms with E-state index in [1.165, 1.54) is 0 Å². The van der Waals surface area contributed by atoms with Crippen LogP contribution in [0.4, 0.5) is 5.69 Å². The second kappa shape index (κ2) is 7.34. The Hall–Kier alpha value is -2.59. The maximum Gasteiger partial charge on any atom is 0.277 e. The molecule has 1 heterocycles. The highest BCUT2D eigenvalue weighted by Gasteiger charge is 2.39. The van der Waals surface area contributed by atoms with Gasteiger partial charge >= 0.3 is 0 Å². The molecule has 0 aliphatic carbocycles. The number of ether oxygens (including phenoxy) is 1. The Labute approximate surface area is 158 Å². The molecule has 0 radical (unpaired) electrons. The van der Waals surface area contributed by atoms with Gasteiger partial charge in [-0.25, -0.2) is 4.90 Å². The molecule has 5 heteroatoms. The fraction of sp³-hybridized carbons (Fsp3) is 0.238. The first-order valence-corrected chi connectivity index (χ1v) is 8.91. The fourth-order valence-electron chi connectivity index (χ4n) is 2.97. The van der Waals surface area contributed by atoms with Crippen molar-refractivity contribution < 1.29 is 14.3 Å². The van der Waals surface area contributed by atoms with Crippen LogP contribution in [-0.4, -0.2) is 18.4 Å². The zero-order valence-electron chi connectivity index (χ0n) is 15.0. The molecule has 0 bridgehead atoms. The Bertz CT molecular complexity index is 900. The maximum atomic E-state index is 13.0. The van der Waals surface area contributed by atoms with E-state index in [1.54, 1.807) is 30.3 Å². The van der Waals surface area contributed by atoms with Crippen molar-refractivity contribution in [3.05, 3.63) is 64.2 Å². The summed E-state index contributed by atoms with van der Waals surface area (Å²) >= 11 is 6.25. The minimum absolute atomic E-state index is 0.0581. The van der Waals surface area contributed by atoms with Crippen molar-refractivity contribution in [2.75, 3.05) is 11.5 Å². The van der Waals surface area contributed by atoms with Crippen molar-refractivity contribution in [1.82, 2.24) is 0 Å². The number of halogens is 1. The van der Waals surface area contributed by atoms with E-state index < -0.39 is 11.8 Å². The van der Waals surface area contributed by atoms with Crippen LogP contribution in [-0.2, 0) is 9.59 Å². The summed E-state index contributed by atoms with van der Waals surface area (Å²) in [7, 11) is 0. The van der Waals surface area contributed by atoms with Gasteiger partial charge in [0.25, 0.3) is 11.8 Å². The van der Waals surface area contributed by atoms with Gasteiger partial charge in [-0.3, -0.25) is 9.59 Å². The number of imide groups is 1. The molecule has 0 atom stereocenters. The van der Waals surface area contributed by atoms with Gasteiger partial charge in [0.2, 0.25) is 0 Å². The van der Waals surface area contributed by atoms with Crippen molar-refractivity contribution in [1.29, 1.82) is 0 Å². The molecule has 0 N–H and O–H groups in total. The molecule has 1 aliphatic heterocycles. The lowest BCUT2D eigenvalue weighted by Gasteiger charge is -2.18. The Balaban J connectivity index is 1.94. The second-order valence-electron chi connectivity index (χ2n) is 6.30. The Morgan fingerprint density at radius 1 is 1.00 bits per heavy atom. The van der Waals surface area contributed by atoms with Crippen molar-refractivity contribution in [2.45, 2.75) is 27.2 Å². The van der Waals surface area contributed by atoms with Crippen molar-refractivity contribution in [2.24, 2.45) is 0 Å². The van der Waals surface area contributed by atoms with Gasteiger partial charge in [0.1, 0.15) is 10.8 Å². The predicted molar refractivity (Wildman–Crippen MR) is 103 cm³/mol. The summed E-state index contributed by atoms with van der Waals surface area (Å²) in [5.41, 5.74) is 3.29. The van der Waals surface area contributed by atoms with Gasteiger partial charge < -0.3 is 4.74 Å². The molecule has 0 saturated heterocycles. The summed E-state index contributed by atoms with van der Waals surface area (Å²) in [6, 6.07) is 12.6. The highest BCUT2D eigenvalue weighted by molar-refractivity contribution is 6.60. The van der Waals surface area contributed by atoms with E-state index in [0.717, 1.165) is 28.2 Å². The minimum atomic E-state index is -0.495. The molecule has 0 saturated carbocycles. The number of rotatable bonds is 5. The van der Waals surface area contributed by atoms with Gasteiger partial charge in [0.05, 0.1) is 17.9 Å². The normalized spacial score (nSPS) is 14.4. The van der Waals surface area contributed by atoms with Crippen LogP contribution in [0.1, 0.15) is 30.0 Å². The quantitative estimate of drug-likeness (QED) is 0.723. The first-order chi connectivity index (χ1) is 12.4. The first kappa shape index (κ1) is 18.2. The number of benzene rings is 2. The molecule has 2 aromatic carbocycles. The standard InChI is InChI=1S/C21H20ClNO3/c1-4-11-26-16-8-6-15(7-9-16)18-19(22)21(25)23(20(18)24)17-10-5-13(2)12-14(17)3/h5-10,12H,4,11H2,1-3H3. The molecular formula is C21H20ClNO3. The summed E-state index contributed by atoms with van der Waals surface area (Å²) in [6.45, 7) is 6.49. The van der Waals surface area contributed by atoms with Gasteiger partial charge in [0, 0.05) is 0 Å². The number of anilines is 1. The van der Waals surface area contributed by atoms with Crippen LogP contribution in [0.15, 0.2) is 47.5 Å². The molecule has 0 unspecified atom stereocenters. The number of hydrogen-bond donors (Lipinski definition) is 0. The molecule has 3 rings (SSSR count). The smallest absolute Gasteiger partial charge is 0.277 e. The molecule has 1 aliphatic rings. The Morgan fingerprint density at radius 2 is 1.69 bits per heavy atom. The molecule has 0 fully saturated rings. The summed E-state index contributed by atoms with van der Waals surface area (Å²) in [6.07, 6.45) is 0.913. The fourth-order valence-corrected chi connectivity index (χ4v) is 3.24. The lowest BCUT2D eigenvalue weighted by atomic mass is 10.1. The number of amides is 2. The van der Waals surface area contributed by atoms with Crippen LogP contribution in [0.25, 0.3) is 5.57 Å². The molecule has 0 spiro atoms. The SMILES string of the molecule is CCCOc1ccc(C2=C(Cl)C(=O)N(c3ccc(C)cc3C)C2=O)cc1. The summed E-state index contributed by atoms with van der Waals surface area (Å²) in [5, 5.41) is -0.0581. The molecule has 2 amide bonds. The lowest BCUT2D eigenvalue weighted by Crippen LogP contribution is -2.31. The average molecular weight is 370 g/mol. The van der Waals surface area contributed by atoms with Gasteiger partial charge in [-0.05, 0) is 49.6 Å². The number of nitrogens with zero attached hydrogens (tertiary/aromatic N) is 1. The third kappa shape index (κ3) is 3.25. The molecule has 26 heavy (non-hydrogen) atoms. The summed E-state index contributed by atoms with van der Waals surface area (Å²) in [5.74, 6) is -0.186. The van der Waals surface area contributed by atoms with Gasteiger partial charge in [-0.2, -0.15) is 0 Å². The largest absolute Gasteiger partial charge is 0.494 e. The van der Waals surface area contributed by atoms with E-state index in [0.29, 0.717) is 17.9 Å². The number of aryl methyl sites for hydroxylation is 2. The predicted octanol–water partition coefficient (Wildman–Crippen LogP) is 4.62. The van der Waals surface area contributed by atoms with Crippen LogP contribution in [0.3, 0.4) is 0 Å². The summed E-state index contributed by atoms with van der Waals surface area (Å²) in [4.78, 5) is 26.7. The molecule has 0 aromatic heterocycles. The monoisotopic (exact) mass is 369 g/mol. The van der Waals surface area contributed by atoms with E-state index in [9.17, 15) is 9.59 Å². The van der Waals surface area contributed by atoms with E-state index >= 15 is 0 Å². The first-order valence-electron chi connectivity index (χ1n) is 8.53. The highest BCUT2D eigenvalue weighted by atomic mass is 35.5. The van der Waals surface area contributed by atoms with E-state index in [4.69, 9.17) is 16.3 Å². The number of carbonyl (C=O) groups is 2. The molecule has 4 nitrogen and oxygen atoms in total. The summed E-state index contributed by atoms with van der Waals surface area (Å²) < 4.78 is 5.55. The third-order valence-electron chi connectivity index (χ3n) is 4.24. The van der Waals surface area contributed by atoms with Crippen LogP contribution in [0, 0.1) is 13.8 Å². The third-order valence-corrected chi connectivity index (χ3v) is 4.59. The van der Waals surface area contributed by atoms with E-state index in [-0.39, 0.29) is 10.6 Å². The molecule has 2 aromatic rings. The average Bonchev–Trinajstić information content (AvgIpc) is 2.84. The van der Waals surface area contributed by atoms with Crippen molar-refractivity contribution in [3.8, 4) is 5.75 Å². The Kier molecular flexibility index (Phi) is 5.14. The van der Waals surface area contributed by atoms with Gasteiger partial charge in [-0.15, -0.1) is 0 Å². The van der Waals surface area contributed by atoms with Gasteiger partial charge in [0.15, 0.2) is 0 Å². The van der Waals surface area contributed by atoms with E-state index in [2.05, 4.69) is 0 Å². The van der Waals surface area contributed by atoms with Gasteiger partial charge in [-0.1, -0.05) is 48.4 Å². The maximum absolute atomic E-state index is 13.0. The Morgan fingerprint density at radius 3 is 2.31 bits per heavy atom.